The molecular weight excluding hydrogens is 399 g/mol. The van der Waals surface area contributed by atoms with Gasteiger partial charge in [0.15, 0.2) is 0 Å². The second-order valence-corrected chi connectivity index (χ2v) is 6.48. The van der Waals surface area contributed by atoms with Crippen molar-refractivity contribution in [2.75, 3.05) is 0 Å². The Balaban J connectivity index is 1.98. The van der Waals surface area contributed by atoms with Gasteiger partial charge in [0.2, 0.25) is 5.82 Å². The second-order valence-electron chi connectivity index (χ2n) is 4.85. The minimum Gasteiger partial charge on any atom is -0.481 e. The van der Waals surface area contributed by atoms with E-state index in [0.717, 1.165) is 5.56 Å². The van der Waals surface area contributed by atoms with Gasteiger partial charge in [-0.3, -0.25) is 4.79 Å². The molecule has 0 aliphatic heterocycles. The van der Waals surface area contributed by atoms with Crippen molar-refractivity contribution in [1.82, 2.24) is 10.1 Å². The zero-order chi connectivity index (χ0) is 17.1. The number of rotatable bonds is 5. The number of thiophene rings is 1. The van der Waals surface area contributed by atoms with E-state index in [-0.39, 0.29) is 16.8 Å². The molecule has 0 bridgehead atoms. The van der Waals surface area contributed by atoms with Crippen LogP contribution in [0.5, 0.6) is 0 Å². The van der Waals surface area contributed by atoms with Crippen molar-refractivity contribution in [1.29, 1.82) is 0 Å². The van der Waals surface area contributed by atoms with Crippen molar-refractivity contribution in [3.8, 4) is 11.4 Å². The van der Waals surface area contributed by atoms with E-state index < -0.39 is 11.8 Å². The van der Waals surface area contributed by atoms with Crippen molar-refractivity contribution < 1.29 is 18.8 Å². The third kappa shape index (κ3) is 3.77. The normalized spacial score (nSPS) is 11.7. The van der Waals surface area contributed by atoms with Gasteiger partial charge in [0.05, 0.1) is 10.9 Å². The van der Waals surface area contributed by atoms with E-state index in [1.54, 1.807) is 12.1 Å². The minimum atomic E-state index is -1.03. The topological polar surface area (TPSA) is 76.2 Å². The summed E-state index contributed by atoms with van der Waals surface area (Å²) < 4.78 is 18.8. The minimum absolute atomic E-state index is 0.124. The van der Waals surface area contributed by atoms with E-state index in [0.29, 0.717) is 17.0 Å². The first kappa shape index (κ1) is 16.5. The van der Waals surface area contributed by atoms with Gasteiger partial charge >= 0.3 is 5.97 Å². The van der Waals surface area contributed by atoms with E-state index in [1.165, 1.54) is 23.5 Å². The van der Waals surface area contributed by atoms with E-state index in [9.17, 15) is 9.18 Å². The fourth-order valence-corrected chi connectivity index (χ4v) is 3.05. The predicted octanol–water partition coefficient (Wildman–Crippen LogP) is 4.72. The van der Waals surface area contributed by atoms with Crippen LogP contribution >= 0.6 is 27.3 Å². The van der Waals surface area contributed by atoms with Crippen LogP contribution in [-0.2, 0) is 4.79 Å². The molecule has 0 saturated carbocycles. The zero-order valence-corrected chi connectivity index (χ0v) is 14.5. The molecule has 0 amide bonds. The van der Waals surface area contributed by atoms with Crippen molar-refractivity contribution in [2.45, 2.75) is 6.42 Å². The quantitative estimate of drug-likeness (QED) is 0.660. The van der Waals surface area contributed by atoms with Gasteiger partial charge in [0, 0.05) is 16.5 Å². The highest BCUT2D eigenvalue weighted by atomic mass is 79.9. The Labute approximate surface area is 148 Å². The summed E-state index contributed by atoms with van der Waals surface area (Å²) in [6.07, 6.45) is 1.30. The van der Waals surface area contributed by atoms with Crippen molar-refractivity contribution >= 4 is 44.9 Å². The first-order valence-electron chi connectivity index (χ1n) is 6.77. The molecule has 0 radical (unpaired) electrons. The molecule has 5 nitrogen and oxygen atoms in total. The van der Waals surface area contributed by atoms with Gasteiger partial charge in [0.25, 0.3) is 5.89 Å². The molecule has 2 heterocycles. The summed E-state index contributed by atoms with van der Waals surface area (Å²) in [7, 11) is 0. The average molecular weight is 409 g/mol. The number of carboxylic acids is 1. The first-order valence-corrected chi connectivity index (χ1v) is 8.50. The second kappa shape index (κ2) is 7.06. The third-order valence-corrected chi connectivity index (χ3v) is 4.40. The summed E-state index contributed by atoms with van der Waals surface area (Å²) >= 11 is 4.60. The Bertz CT molecular complexity index is 906. The summed E-state index contributed by atoms with van der Waals surface area (Å²) in [6, 6.07) is 6.22. The lowest BCUT2D eigenvalue weighted by Gasteiger charge is -2.01. The Hall–Kier alpha value is -2.32. The predicted molar refractivity (Wildman–Crippen MR) is 91.8 cm³/mol. The van der Waals surface area contributed by atoms with E-state index in [2.05, 4.69) is 26.1 Å². The van der Waals surface area contributed by atoms with E-state index in [4.69, 9.17) is 9.63 Å². The number of nitrogens with zero attached hydrogens (tertiary/aromatic N) is 2. The third-order valence-electron chi connectivity index (χ3n) is 3.11. The number of hydrogen-bond acceptors (Lipinski definition) is 5. The van der Waals surface area contributed by atoms with Crippen LogP contribution in [-0.4, -0.2) is 21.2 Å². The summed E-state index contributed by atoms with van der Waals surface area (Å²) in [4.78, 5) is 15.4. The summed E-state index contributed by atoms with van der Waals surface area (Å²) in [5.74, 6) is -0.913. The van der Waals surface area contributed by atoms with E-state index in [1.807, 2.05) is 16.8 Å². The van der Waals surface area contributed by atoms with Crippen LogP contribution < -0.4 is 0 Å². The summed E-state index contributed by atoms with van der Waals surface area (Å²) in [5, 5.41) is 16.7. The van der Waals surface area contributed by atoms with Crippen LogP contribution in [0.2, 0.25) is 0 Å². The van der Waals surface area contributed by atoms with Crippen LogP contribution in [0.15, 0.2) is 44.0 Å². The molecule has 8 heteroatoms. The Morgan fingerprint density at radius 1 is 1.42 bits per heavy atom. The van der Waals surface area contributed by atoms with Gasteiger partial charge < -0.3 is 9.63 Å². The molecule has 122 valence electrons. The fraction of sp³-hybridized carbons (Fsp3) is 0.0625. The fourth-order valence-electron chi connectivity index (χ4n) is 2.02. The van der Waals surface area contributed by atoms with Gasteiger partial charge in [0.1, 0.15) is 5.82 Å². The van der Waals surface area contributed by atoms with Gasteiger partial charge in [-0.15, -0.1) is 0 Å². The molecule has 3 rings (SSSR count). The maximum absolute atomic E-state index is 13.3. The molecule has 0 aliphatic carbocycles. The lowest BCUT2D eigenvalue weighted by atomic mass is 10.1. The van der Waals surface area contributed by atoms with Gasteiger partial charge in [-0.05, 0) is 51.1 Å². The molecule has 0 saturated heterocycles. The van der Waals surface area contributed by atoms with Crippen molar-refractivity contribution in [2.24, 2.45) is 0 Å². The van der Waals surface area contributed by atoms with Crippen LogP contribution in [0.4, 0.5) is 4.39 Å². The number of aromatic nitrogens is 2. The Morgan fingerprint density at radius 2 is 2.25 bits per heavy atom. The Morgan fingerprint density at radius 3 is 2.92 bits per heavy atom. The van der Waals surface area contributed by atoms with Gasteiger partial charge in [-0.1, -0.05) is 11.2 Å². The number of carbonyl (C=O) groups is 1. The van der Waals surface area contributed by atoms with Gasteiger partial charge in [-0.25, -0.2) is 4.39 Å². The van der Waals surface area contributed by atoms with Gasteiger partial charge in [-0.2, -0.15) is 16.3 Å². The summed E-state index contributed by atoms with van der Waals surface area (Å²) in [6.45, 7) is 0. The lowest BCUT2D eigenvalue weighted by molar-refractivity contribution is -0.135. The lowest BCUT2D eigenvalue weighted by Crippen LogP contribution is -1.97. The highest BCUT2D eigenvalue weighted by Crippen LogP contribution is 2.26. The monoisotopic (exact) mass is 408 g/mol. The maximum atomic E-state index is 13.3. The Kier molecular flexibility index (Phi) is 4.86. The highest BCUT2D eigenvalue weighted by molar-refractivity contribution is 9.10. The molecule has 3 aromatic rings. The van der Waals surface area contributed by atoms with Crippen molar-refractivity contribution in [3.63, 3.8) is 0 Å². The molecule has 1 aromatic carbocycles. The maximum Gasteiger partial charge on any atom is 0.308 e. The number of benzene rings is 1. The summed E-state index contributed by atoms with van der Waals surface area (Å²) in [5.41, 5.74) is 1.76. The van der Waals surface area contributed by atoms with Crippen LogP contribution in [0, 0.1) is 5.82 Å². The molecule has 0 spiro atoms. The van der Waals surface area contributed by atoms with E-state index >= 15 is 0 Å². The zero-order valence-electron chi connectivity index (χ0n) is 12.1. The molecule has 0 atom stereocenters. The molecule has 0 aliphatic rings. The smallest absolute Gasteiger partial charge is 0.308 e. The molecule has 1 N–H and O–H groups in total. The molecular formula is C16H10BrFN2O3S. The molecule has 0 unspecified atom stereocenters. The standard InChI is InChI=1S/C16H10BrFN2O3S/c17-12-6-9(1-2-13(12)18)5-11(7-14(21)22)16-19-15(20-23-16)10-3-4-24-8-10/h1-6,8H,7H2,(H,21,22)/b11-5+. The molecule has 2 aromatic heterocycles. The SMILES string of the molecule is O=C(O)C/C(=C\c1ccc(F)c(Br)c1)c1nc(-c2ccsc2)no1. The van der Waals surface area contributed by atoms with Crippen LogP contribution in [0.1, 0.15) is 17.9 Å². The number of aliphatic carboxylic acids is 1. The number of halogens is 2. The highest BCUT2D eigenvalue weighted by Gasteiger charge is 2.16. The van der Waals surface area contributed by atoms with Crippen LogP contribution in [0.25, 0.3) is 23.0 Å². The average Bonchev–Trinajstić information content (AvgIpc) is 3.20. The number of hydrogen-bond donors (Lipinski definition) is 1. The largest absolute Gasteiger partial charge is 0.481 e. The molecule has 24 heavy (non-hydrogen) atoms. The molecule has 0 fully saturated rings. The first-order chi connectivity index (χ1) is 11.5. The van der Waals surface area contributed by atoms with Crippen LogP contribution in [0.3, 0.4) is 0 Å². The number of carboxylic acid groups (broad SMARTS) is 1. The van der Waals surface area contributed by atoms with Crippen molar-refractivity contribution in [3.05, 3.63) is 56.8 Å².